The number of rotatable bonds is 6. The van der Waals surface area contributed by atoms with Crippen molar-refractivity contribution in [1.82, 2.24) is 4.98 Å². The molecular formula is C23H21NO4. The molecule has 0 bridgehead atoms. The third-order valence-electron chi connectivity index (χ3n) is 4.29. The van der Waals surface area contributed by atoms with Crippen molar-refractivity contribution in [3.8, 4) is 11.5 Å². The van der Waals surface area contributed by atoms with Crippen molar-refractivity contribution in [3.05, 3.63) is 89.2 Å². The number of nitrogens with zero attached hydrogens (tertiary/aromatic N) is 1. The van der Waals surface area contributed by atoms with Gasteiger partial charge in [0.25, 0.3) is 0 Å². The van der Waals surface area contributed by atoms with Gasteiger partial charge in [0, 0.05) is 6.20 Å². The number of ether oxygens (including phenoxy) is 2. The van der Waals surface area contributed by atoms with Gasteiger partial charge in [0.05, 0.1) is 5.56 Å². The van der Waals surface area contributed by atoms with Crippen molar-refractivity contribution in [2.24, 2.45) is 0 Å². The highest BCUT2D eigenvalue weighted by Gasteiger charge is 2.14. The Morgan fingerprint density at radius 3 is 1.64 bits per heavy atom. The highest BCUT2D eigenvalue weighted by molar-refractivity contribution is 5.93. The Balaban J connectivity index is 1.62. The first-order valence-electron chi connectivity index (χ1n) is 9.17. The fraction of sp³-hybridized carbons (Fsp3) is 0.174. The molecule has 0 N–H and O–H groups in total. The molecule has 0 saturated carbocycles. The van der Waals surface area contributed by atoms with Crippen LogP contribution in [0.25, 0.3) is 0 Å². The predicted molar refractivity (Wildman–Crippen MR) is 106 cm³/mol. The molecule has 0 aliphatic heterocycles. The van der Waals surface area contributed by atoms with Gasteiger partial charge in [0.15, 0.2) is 0 Å². The maximum atomic E-state index is 12.2. The van der Waals surface area contributed by atoms with Gasteiger partial charge in [-0.25, -0.2) is 14.6 Å². The van der Waals surface area contributed by atoms with E-state index in [2.05, 4.69) is 18.8 Å². The van der Waals surface area contributed by atoms with Crippen LogP contribution in [0.2, 0.25) is 0 Å². The van der Waals surface area contributed by atoms with Crippen LogP contribution in [-0.4, -0.2) is 16.9 Å². The average Bonchev–Trinajstić information content (AvgIpc) is 2.75. The first-order valence-corrected chi connectivity index (χ1v) is 9.17. The summed E-state index contributed by atoms with van der Waals surface area (Å²) in [7, 11) is 0. The summed E-state index contributed by atoms with van der Waals surface area (Å²) in [5.74, 6) is -0.213. The van der Waals surface area contributed by atoms with Gasteiger partial charge >= 0.3 is 11.9 Å². The van der Waals surface area contributed by atoms with Crippen molar-refractivity contribution in [3.63, 3.8) is 0 Å². The fourth-order valence-corrected chi connectivity index (χ4v) is 2.55. The Hall–Kier alpha value is -3.47. The summed E-state index contributed by atoms with van der Waals surface area (Å²) in [6.45, 7) is 4.11. The van der Waals surface area contributed by atoms with E-state index in [1.165, 1.54) is 18.3 Å². The van der Waals surface area contributed by atoms with Gasteiger partial charge in [0.1, 0.15) is 17.2 Å². The predicted octanol–water partition coefficient (Wildman–Crippen LogP) is 4.64. The van der Waals surface area contributed by atoms with Crippen LogP contribution in [0.4, 0.5) is 0 Å². The van der Waals surface area contributed by atoms with E-state index in [-0.39, 0.29) is 11.3 Å². The number of hydrogen-bond donors (Lipinski definition) is 0. The fourth-order valence-electron chi connectivity index (χ4n) is 2.55. The maximum absolute atomic E-state index is 12.2. The molecule has 5 heteroatoms. The van der Waals surface area contributed by atoms with E-state index in [4.69, 9.17) is 9.47 Å². The normalized spacial score (nSPS) is 10.4. The second kappa shape index (κ2) is 8.95. The standard InChI is InChI=1S/C23H21NO4/c1-3-16-5-10-19(11-6-16)27-22(25)18-9-14-21(24-15-18)23(26)28-20-12-7-17(4-2)8-13-20/h5-15H,3-4H2,1-2H3. The summed E-state index contributed by atoms with van der Waals surface area (Å²) in [5, 5.41) is 0. The molecule has 0 amide bonds. The van der Waals surface area contributed by atoms with Crippen LogP contribution in [0, 0.1) is 0 Å². The van der Waals surface area contributed by atoms with Crippen LogP contribution in [-0.2, 0) is 12.8 Å². The molecule has 0 atom stereocenters. The van der Waals surface area contributed by atoms with E-state index in [0.29, 0.717) is 11.5 Å². The van der Waals surface area contributed by atoms with Crippen LogP contribution < -0.4 is 9.47 Å². The minimum Gasteiger partial charge on any atom is -0.423 e. The Kier molecular flexibility index (Phi) is 6.17. The second-order valence-corrected chi connectivity index (χ2v) is 6.21. The number of carbonyl (C=O) groups is 2. The van der Waals surface area contributed by atoms with E-state index in [1.54, 1.807) is 24.3 Å². The molecule has 0 aliphatic carbocycles. The van der Waals surface area contributed by atoms with Gasteiger partial charge in [-0.3, -0.25) is 0 Å². The van der Waals surface area contributed by atoms with Gasteiger partial charge in [-0.15, -0.1) is 0 Å². The van der Waals surface area contributed by atoms with E-state index in [9.17, 15) is 9.59 Å². The lowest BCUT2D eigenvalue weighted by atomic mass is 10.2. The molecule has 0 unspecified atom stereocenters. The SMILES string of the molecule is CCc1ccc(OC(=O)c2ccc(C(=O)Oc3ccc(CC)cc3)nc2)cc1. The van der Waals surface area contributed by atoms with Crippen LogP contribution in [0.1, 0.15) is 45.8 Å². The lowest BCUT2D eigenvalue weighted by Gasteiger charge is -2.06. The molecular weight excluding hydrogens is 354 g/mol. The van der Waals surface area contributed by atoms with Crippen molar-refractivity contribution >= 4 is 11.9 Å². The Morgan fingerprint density at radius 2 is 1.21 bits per heavy atom. The van der Waals surface area contributed by atoms with E-state index in [0.717, 1.165) is 24.0 Å². The van der Waals surface area contributed by atoms with Crippen LogP contribution >= 0.6 is 0 Å². The third-order valence-corrected chi connectivity index (χ3v) is 4.29. The van der Waals surface area contributed by atoms with E-state index >= 15 is 0 Å². The topological polar surface area (TPSA) is 65.5 Å². The molecule has 2 aromatic carbocycles. The van der Waals surface area contributed by atoms with Crippen molar-refractivity contribution in [2.45, 2.75) is 26.7 Å². The smallest absolute Gasteiger partial charge is 0.362 e. The molecule has 0 spiro atoms. The summed E-state index contributed by atoms with van der Waals surface area (Å²) in [6.07, 6.45) is 3.13. The third kappa shape index (κ3) is 4.82. The van der Waals surface area contributed by atoms with Crippen molar-refractivity contribution in [1.29, 1.82) is 0 Å². The summed E-state index contributed by atoms with van der Waals surface area (Å²) < 4.78 is 10.6. The molecule has 28 heavy (non-hydrogen) atoms. The molecule has 142 valence electrons. The zero-order valence-electron chi connectivity index (χ0n) is 15.8. The zero-order valence-corrected chi connectivity index (χ0v) is 15.8. The average molecular weight is 375 g/mol. The number of aromatic nitrogens is 1. The highest BCUT2D eigenvalue weighted by atomic mass is 16.5. The van der Waals surface area contributed by atoms with Gasteiger partial charge < -0.3 is 9.47 Å². The Labute approximate surface area is 164 Å². The number of benzene rings is 2. The molecule has 3 rings (SSSR count). The van der Waals surface area contributed by atoms with E-state index in [1.807, 2.05) is 24.3 Å². The lowest BCUT2D eigenvalue weighted by Crippen LogP contribution is -2.13. The first-order chi connectivity index (χ1) is 13.6. The van der Waals surface area contributed by atoms with Crippen LogP contribution in [0.15, 0.2) is 66.9 Å². The molecule has 3 aromatic rings. The molecule has 0 saturated heterocycles. The van der Waals surface area contributed by atoms with E-state index < -0.39 is 11.9 Å². The van der Waals surface area contributed by atoms with Gasteiger partial charge in [-0.05, 0) is 60.4 Å². The summed E-state index contributed by atoms with van der Waals surface area (Å²) in [5.41, 5.74) is 2.69. The lowest BCUT2D eigenvalue weighted by molar-refractivity contribution is 0.0715. The maximum Gasteiger partial charge on any atom is 0.362 e. The number of esters is 2. The molecule has 1 aromatic heterocycles. The van der Waals surface area contributed by atoms with Crippen molar-refractivity contribution < 1.29 is 19.1 Å². The first kappa shape index (κ1) is 19.3. The highest BCUT2D eigenvalue weighted by Crippen LogP contribution is 2.16. The van der Waals surface area contributed by atoms with Gasteiger partial charge in [-0.1, -0.05) is 38.1 Å². The van der Waals surface area contributed by atoms with Crippen LogP contribution in [0.5, 0.6) is 11.5 Å². The molecule has 0 aliphatic rings. The summed E-state index contributed by atoms with van der Waals surface area (Å²) in [6, 6.07) is 17.6. The Morgan fingerprint density at radius 1 is 0.714 bits per heavy atom. The molecule has 0 radical (unpaired) electrons. The number of aryl methyl sites for hydroxylation is 2. The molecule has 5 nitrogen and oxygen atoms in total. The molecule has 0 fully saturated rings. The van der Waals surface area contributed by atoms with Gasteiger partial charge in [0.2, 0.25) is 0 Å². The number of carbonyl (C=O) groups excluding carboxylic acids is 2. The quantitative estimate of drug-likeness (QED) is 0.464. The summed E-state index contributed by atoms with van der Waals surface area (Å²) >= 11 is 0. The van der Waals surface area contributed by atoms with Gasteiger partial charge in [-0.2, -0.15) is 0 Å². The van der Waals surface area contributed by atoms with Crippen LogP contribution in [0.3, 0.4) is 0 Å². The minimum atomic E-state index is -0.584. The molecule has 1 heterocycles. The number of pyridine rings is 1. The second-order valence-electron chi connectivity index (χ2n) is 6.21. The zero-order chi connectivity index (χ0) is 19.9. The minimum absolute atomic E-state index is 0.114. The summed E-state index contributed by atoms with van der Waals surface area (Å²) in [4.78, 5) is 28.4. The number of hydrogen-bond acceptors (Lipinski definition) is 5. The largest absolute Gasteiger partial charge is 0.423 e. The monoisotopic (exact) mass is 375 g/mol. The Bertz CT molecular complexity index is 865. The van der Waals surface area contributed by atoms with Crippen molar-refractivity contribution in [2.75, 3.05) is 0 Å².